The Morgan fingerprint density at radius 1 is 0.956 bits per heavy atom. The third-order valence-corrected chi connectivity index (χ3v) is 13.3. The van der Waals surface area contributed by atoms with Crippen LogP contribution in [0.5, 0.6) is 0 Å². The highest BCUT2D eigenvalue weighted by Crippen LogP contribution is 2.47. The maximum Gasteiger partial charge on any atom is 0.245 e. The van der Waals surface area contributed by atoms with Crippen molar-refractivity contribution in [3.63, 3.8) is 0 Å². The zero-order chi connectivity index (χ0) is 31.6. The second kappa shape index (κ2) is 13.7. The normalized spacial score (nSPS) is 25.8. The van der Waals surface area contributed by atoms with Crippen molar-refractivity contribution in [2.45, 2.75) is 82.7 Å². The van der Waals surface area contributed by atoms with Crippen LogP contribution in [0.4, 0.5) is 0 Å². The van der Waals surface area contributed by atoms with Gasteiger partial charge in [-0.25, -0.2) is 12.7 Å². The van der Waals surface area contributed by atoms with Crippen molar-refractivity contribution < 1.29 is 18.0 Å². The molecule has 1 unspecified atom stereocenters. The molecule has 6 rings (SSSR count). The predicted octanol–water partition coefficient (Wildman–Crippen LogP) is 4.85. The second-order valence-corrected chi connectivity index (χ2v) is 16.3. The van der Waals surface area contributed by atoms with Gasteiger partial charge < -0.3 is 16.0 Å². The molecular formula is C35H47ClN4O4S. The van der Waals surface area contributed by atoms with Gasteiger partial charge in [0.2, 0.25) is 21.8 Å². The minimum atomic E-state index is -3.21. The minimum absolute atomic E-state index is 0.0888. The molecule has 8 nitrogen and oxygen atoms in total. The van der Waals surface area contributed by atoms with Crippen LogP contribution in [0.25, 0.3) is 0 Å². The molecule has 3 N–H and O–H groups in total. The molecule has 2 saturated heterocycles. The first kappa shape index (κ1) is 32.5. The van der Waals surface area contributed by atoms with E-state index in [9.17, 15) is 18.0 Å². The van der Waals surface area contributed by atoms with Gasteiger partial charge in [-0.1, -0.05) is 67.3 Å². The van der Waals surface area contributed by atoms with E-state index in [0.717, 1.165) is 43.2 Å². The van der Waals surface area contributed by atoms with Crippen LogP contribution in [0.2, 0.25) is 5.02 Å². The Morgan fingerprint density at radius 3 is 2.36 bits per heavy atom. The van der Waals surface area contributed by atoms with E-state index in [1.165, 1.54) is 24.8 Å². The summed E-state index contributed by atoms with van der Waals surface area (Å²) in [6.07, 6.45) is 9.88. The fourth-order valence-electron chi connectivity index (χ4n) is 8.45. The van der Waals surface area contributed by atoms with Crippen molar-refractivity contribution in [1.82, 2.24) is 14.5 Å². The van der Waals surface area contributed by atoms with Gasteiger partial charge in [-0.2, -0.15) is 0 Å². The summed E-state index contributed by atoms with van der Waals surface area (Å²) in [7, 11) is -3.21. The molecule has 1 saturated carbocycles. The van der Waals surface area contributed by atoms with E-state index in [4.69, 9.17) is 17.3 Å². The first-order valence-electron chi connectivity index (χ1n) is 16.8. The Hall–Kier alpha value is -2.46. The lowest BCUT2D eigenvalue weighted by Crippen LogP contribution is -2.56. The summed E-state index contributed by atoms with van der Waals surface area (Å²) < 4.78 is 27.4. The molecule has 45 heavy (non-hydrogen) atoms. The van der Waals surface area contributed by atoms with E-state index in [1.807, 2.05) is 35.2 Å². The highest BCUT2D eigenvalue weighted by molar-refractivity contribution is 7.89. The summed E-state index contributed by atoms with van der Waals surface area (Å²) in [5, 5.41) is 3.75. The summed E-state index contributed by atoms with van der Waals surface area (Å²) in [4.78, 5) is 29.9. The van der Waals surface area contributed by atoms with Crippen molar-refractivity contribution in [2.75, 3.05) is 31.9 Å². The van der Waals surface area contributed by atoms with Crippen LogP contribution < -0.4 is 11.1 Å². The van der Waals surface area contributed by atoms with E-state index in [1.54, 1.807) is 16.4 Å². The monoisotopic (exact) mass is 654 g/mol. The molecule has 4 aliphatic rings. The maximum atomic E-state index is 14.3. The first-order valence-corrected chi connectivity index (χ1v) is 18.8. The number of nitrogens with zero attached hydrogens (tertiary/aromatic N) is 2. The van der Waals surface area contributed by atoms with Crippen LogP contribution in [-0.2, 0) is 32.5 Å². The smallest absolute Gasteiger partial charge is 0.245 e. The third-order valence-electron chi connectivity index (χ3n) is 11.1. The lowest BCUT2D eigenvalue weighted by atomic mass is 9.63. The number of halogens is 1. The summed E-state index contributed by atoms with van der Waals surface area (Å²) in [5.74, 6) is 0.0228. The summed E-state index contributed by atoms with van der Waals surface area (Å²) in [6.45, 7) is 2.29. The number of rotatable bonds is 8. The number of sulfonamides is 1. The number of nitrogens with one attached hydrogen (secondary N) is 1. The van der Waals surface area contributed by atoms with E-state index >= 15 is 0 Å². The van der Waals surface area contributed by atoms with Crippen LogP contribution in [-0.4, -0.2) is 67.4 Å². The molecule has 2 heterocycles. The zero-order valence-corrected chi connectivity index (χ0v) is 27.7. The van der Waals surface area contributed by atoms with Gasteiger partial charge in [0.25, 0.3) is 0 Å². The number of carbonyl (C=O) groups excluding carboxylic acids is 2. The molecule has 0 spiro atoms. The SMILES string of the molecule is N[C@@H]1c2ccccc2CCC1C(=O)N[C@H](Cc1ccc(Cl)cc1)C(=O)N1CCC(CN2CCCS2(=O)=O)(C2CCCCC2)CC1. The van der Waals surface area contributed by atoms with Crippen molar-refractivity contribution >= 4 is 33.4 Å². The Bertz CT molecular complexity index is 1470. The molecule has 0 aromatic heterocycles. The van der Waals surface area contributed by atoms with Crippen LogP contribution in [0.3, 0.4) is 0 Å². The van der Waals surface area contributed by atoms with Crippen LogP contribution in [0.15, 0.2) is 48.5 Å². The lowest BCUT2D eigenvalue weighted by molar-refractivity contribution is -0.140. The second-order valence-electron chi connectivity index (χ2n) is 13.8. The minimum Gasteiger partial charge on any atom is -0.344 e. The van der Waals surface area contributed by atoms with Gasteiger partial charge in [0.15, 0.2) is 0 Å². The standard InChI is InChI=1S/C35H47ClN4O4S/c36-28-14-11-25(12-15-28)23-31(38-33(41)30-16-13-26-7-4-5-10-29(26)32(30)37)34(42)39-20-17-35(18-21-39,27-8-2-1-3-9-27)24-40-19-6-22-45(40,43)44/h4-5,7,10-12,14-15,27,30-32H,1-3,6,8-9,13,16-24,37H2,(H,38,41)/t30?,31-,32-/m1/s1. The molecule has 2 aromatic rings. The fourth-order valence-corrected chi connectivity index (χ4v) is 10.2. The van der Waals surface area contributed by atoms with Crippen molar-refractivity contribution in [2.24, 2.45) is 23.0 Å². The van der Waals surface area contributed by atoms with Crippen LogP contribution >= 0.6 is 11.6 Å². The third kappa shape index (κ3) is 7.11. The summed E-state index contributed by atoms with van der Waals surface area (Å²) in [5.41, 5.74) is 9.61. The Labute approximate surface area is 273 Å². The zero-order valence-electron chi connectivity index (χ0n) is 26.1. The molecular weight excluding hydrogens is 608 g/mol. The molecule has 2 aliphatic carbocycles. The number of nitrogens with two attached hydrogens (primary N) is 1. The number of benzene rings is 2. The van der Waals surface area contributed by atoms with Gasteiger partial charge >= 0.3 is 0 Å². The van der Waals surface area contributed by atoms with E-state index in [-0.39, 0.29) is 23.0 Å². The van der Waals surface area contributed by atoms with Gasteiger partial charge in [0, 0.05) is 43.7 Å². The largest absolute Gasteiger partial charge is 0.344 e. The Kier molecular flexibility index (Phi) is 9.90. The molecule has 3 fully saturated rings. The number of carbonyl (C=O) groups is 2. The average molecular weight is 655 g/mol. The molecule has 0 bridgehead atoms. The average Bonchev–Trinajstić information content (AvgIpc) is 3.39. The van der Waals surface area contributed by atoms with Gasteiger partial charge in [0.05, 0.1) is 11.7 Å². The number of hydrogen-bond donors (Lipinski definition) is 2. The Balaban J connectivity index is 1.19. The molecule has 3 atom stereocenters. The maximum absolute atomic E-state index is 14.3. The number of hydrogen-bond acceptors (Lipinski definition) is 5. The summed E-state index contributed by atoms with van der Waals surface area (Å²) >= 11 is 6.14. The number of likely N-dealkylation sites (tertiary alicyclic amines) is 1. The Morgan fingerprint density at radius 2 is 1.67 bits per heavy atom. The van der Waals surface area contributed by atoms with Gasteiger partial charge in [-0.15, -0.1) is 0 Å². The molecule has 2 aliphatic heterocycles. The quantitative estimate of drug-likeness (QED) is 0.423. The predicted molar refractivity (Wildman–Crippen MR) is 177 cm³/mol. The molecule has 2 amide bonds. The van der Waals surface area contributed by atoms with Crippen LogP contribution in [0, 0.1) is 17.3 Å². The van der Waals surface area contributed by atoms with E-state index < -0.39 is 28.0 Å². The van der Waals surface area contributed by atoms with E-state index in [2.05, 4.69) is 11.4 Å². The number of amides is 2. The topological polar surface area (TPSA) is 113 Å². The molecule has 2 aromatic carbocycles. The number of fused-ring (bicyclic) bond motifs is 1. The van der Waals surface area contributed by atoms with Gasteiger partial charge in [0.1, 0.15) is 6.04 Å². The number of aryl methyl sites for hydroxylation is 1. The molecule has 10 heteroatoms. The first-order chi connectivity index (χ1) is 21.6. The highest BCUT2D eigenvalue weighted by Gasteiger charge is 2.47. The van der Waals surface area contributed by atoms with Crippen molar-refractivity contribution in [1.29, 1.82) is 0 Å². The number of piperidine rings is 1. The van der Waals surface area contributed by atoms with Crippen LogP contribution in [0.1, 0.15) is 80.5 Å². The molecule has 244 valence electrons. The summed E-state index contributed by atoms with van der Waals surface area (Å²) in [6, 6.07) is 14.3. The molecule has 0 radical (unpaired) electrons. The lowest BCUT2D eigenvalue weighted by Gasteiger charge is -2.49. The fraction of sp³-hybridized carbons (Fsp3) is 0.600. The highest BCUT2D eigenvalue weighted by atomic mass is 35.5. The van der Waals surface area contributed by atoms with Gasteiger partial charge in [-0.3, -0.25) is 9.59 Å². The van der Waals surface area contributed by atoms with Crippen molar-refractivity contribution in [3.8, 4) is 0 Å². The van der Waals surface area contributed by atoms with Crippen molar-refractivity contribution in [3.05, 3.63) is 70.2 Å². The van der Waals surface area contributed by atoms with Gasteiger partial charge in [-0.05, 0) is 85.1 Å². The van der Waals surface area contributed by atoms with E-state index in [0.29, 0.717) is 56.4 Å².